The molecule has 0 atom stereocenters. The zero-order chi connectivity index (χ0) is 22.1. The molecular formula is C26H24N2O2S. The molecule has 0 saturated carbocycles. The summed E-state index contributed by atoms with van der Waals surface area (Å²) in [5.74, 6) is 0.588. The first-order valence-corrected chi connectivity index (χ1v) is 11.1. The van der Waals surface area contributed by atoms with Gasteiger partial charge in [-0.05, 0) is 58.9 Å². The first kappa shape index (κ1) is 22.2. The lowest BCUT2D eigenvalue weighted by Crippen LogP contribution is -2.23. The van der Waals surface area contributed by atoms with Crippen LogP contribution in [-0.2, 0) is 17.8 Å². The second-order valence-electron chi connectivity index (χ2n) is 6.89. The van der Waals surface area contributed by atoms with Gasteiger partial charge < -0.3 is 10.1 Å². The van der Waals surface area contributed by atoms with Crippen molar-refractivity contribution in [1.29, 1.82) is 5.26 Å². The summed E-state index contributed by atoms with van der Waals surface area (Å²) in [6.07, 6.45) is 4.32. The second kappa shape index (κ2) is 11.1. The summed E-state index contributed by atoms with van der Waals surface area (Å²) < 4.78 is 5.24. The van der Waals surface area contributed by atoms with Crippen LogP contribution in [0.2, 0.25) is 0 Å². The lowest BCUT2D eigenvalue weighted by molar-refractivity contribution is -0.115. The van der Waals surface area contributed by atoms with E-state index in [2.05, 4.69) is 11.4 Å². The van der Waals surface area contributed by atoms with Crippen molar-refractivity contribution in [3.63, 3.8) is 0 Å². The third-order valence-corrected chi connectivity index (χ3v) is 5.58. The molecule has 0 bridgehead atoms. The first-order chi connectivity index (χ1) is 15.1. The number of ether oxygens (including phenoxy) is 1. The summed E-state index contributed by atoms with van der Waals surface area (Å²) in [6, 6.07) is 25.4. The molecule has 0 saturated heterocycles. The van der Waals surface area contributed by atoms with E-state index in [1.54, 1.807) is 18.9 Å². The summed E-state index contributed by atoms with van der Waals surface area (Å²) in [5, 5.41) is 11.8. The summed E-state index contributed by atoms with van der Waals surface area (Å²) in [7, 11) is 1.62. The van der Waals surface area contributed by atoms with Gasteiger partial charge >= 0.3 is 0 Å². The minimum Gasteiger partial charge on any atom is -0.497 e. The Hall–Kier alpha value is -3.49. The van der Waals surface area contributed by atoms with Gasteiger partial charge in [0.15, 0.2) is 0 Å². The maximum Gasteiger partial charge on any atom is 0.252 e. The van der Waals surface area contributed by atoms with Crippen LogP contribution >= 0.6 is 11.8 Å². The van der Waals surface area contributed by atoms with Gasteiger partial charge in [0, 0.05) is 17.0 Å². The molecule has 1 amide bonds. The molecule has 0 radical (unpaired) electrons. The molecule has 0 aliphatic heterocycles. The molecule has 0 aliphatic rings. The summed E-state index contributed by atoms with van der Waals surface area (Å²) >= 11 is 1.68. The van der Waals surface area contributed by atoms with Crippen molar-refractivity contribution in [1.82, 2.24) is 5.32 Å². The third kappa shape index (κ3) is 6.24. The Bertz CT molecular complexity index is 1080. The molecule has 0 spiro atoms. The van der Waals surface area contributed by atoms with E-state index < -0.39 is 0 Å². The molecule has 31 heavy (non-hydrogen) atoms. The monoisotopic (exact) mass is 428 g/mol. The van der Waals surface area contributed by atoms with Gasteiger partial charge in [0.2, 0.25) is 0 Å². The SMILES string of the molecule is COc1ccc(/C(=C\c2ccc(SC)cc2)C(=O)NCc2ccc(CC#N)cc2)cc1. The average molecular weight is 429 g/mol. The molecule has 0 aliphatic carbocycles. The van der Waals surface area contributed by atoms with Crippen LogP contribution in [0.4, 0.5) is 0 Å². The number of amides is 1. The highest BCUT2D eigenvalue weighted by molar-refractivity contribution is 7.98. The van der Waals surface area contributed by atoms with E-state index in [1.165, 1.54) is 4.90 Å². The minimum atomic E-state index is -0.153. The van der Waals surface area contributed by atoms with Gasteiger partial charge in [-0.3, -0.25) is 4.79 Å². The fourth-order valence-corrected chi connectivity index (χ4v) is 3.47. The van der Waals surface area contributed by atoms with Crippen LogP contribution in [0.1, 0.15) is 22.3 Å². The molecule has 0 aromatic heterocycles. The Kier molecular flexibility index (Phi) is 7.91. The minimum absolute atomic E-state index is 0.153. The molecule has 156 valence electrons. The van der Waals surface area contributed by atoms with Crippen molar-refractivity contribution >= 4 is 29.3 Å². The van der Waals surface area contributed by atoms with E-state index >= 15 is 0 Å². The molecule has 0 heterocycles. The van der Waals surface area contributed by atoms with E-state index in [4.69, 9.17) is 10.00 Å². The Morgan fingerprint density at radius 2 is 1.65 bits per heavy atom. The van der Waals surface area contributed by atoms with Crippen LogP contribution in [0.15, 0.2) is 77.7 Å². The number of thioether (sulfide) groups is 1. The Labute approximate surface area is 187 Å². The number of methoxy groups -OCH3 is 1. The number of nitrogens with one attached hydrogen (secondary N) is 1. The van der Waals surface area contributed by atoms with Crippen LogP contribution < -0.4 is 10.1 Å². The van der Waals surface area contributed by atoms with E-state index in [0.29, 0.717) is 18.5 Å². The van der Waals surface area contributed by atoms with Crippen molar-refractivity contribution in [3.8, 4) is 11.8 Å². The standard InChI is InChI=1S/C26H24N2O2S/c1-30-23-11-9-22(10-12-23)25(17-20-7-13-24(31-2)14-8-20)26(29)28-18-21-5-3-19(4-6-21)15-16-27/h3-14,17H,15,18H2,1-2H3,(H,28,29)/b25-17+. The van der Waals surface area contributed by atoms with Crippen LogP contribution in [0, 0.1) is 11.3 Å². The fraction of sp³-hybridized carbons (Fsp3) is 0.154. The number of nitriles is 1. The zero-order valence-electron chi connectivity index (χ0n) is 17.6. The van der Waals surface area contributed by atoms with Gasteiger partial charge in [0.25, 0.3) is 5.91 Å². The summed E-state index contributed by atoms with van der Waals surface area (Å²) in [5.41, 5.74) is 4.30. The number of benzene rings is 3. The number of carbonyl (C=O) groups excluding carboxylic acids is 1. The molecule has 3 rings (SSSR count). The molecular weight excluding hydrogens is 404 g/mol. The number of hydrogen-bond acceptors (Lipinski definition) is 4. The smallest absolute Gasteiger partial charge is 0.252 e. The van der Waals surface area contributed by atoms with Crippen LogP contribution in [0.5, 0.6) is 5.75 Å². The number of carbonyl (C=O) groups is 1. The lowest BCUT2D eigenvalue weighted by Gasteiger charge is -2.11. The predicted octanol–water partition coefficient (Wildman–Crippen LogP) is 5.34. The van der Waals surface area contributed by atoms with E-state index in [-0.39, 0.29) is 5.91 Å². The summed E-state index contributed by atoms with van der Waals surface area (Å²) in [6.45, 7) is 0.407. The number of rotatable bonds is 8. The molecule has 3 aromatic carbocycles. The molecule has 4 nitrogen and oxygen atoms in total. The fourth-order valence-electron chi connectivity index (χ4n) is 3.06. The number of hydrogen-bond donors (Lipinski definition) is 1. The molecule has 1 N–H and O–H groups in total. The van der Waals surface area contributed by atoms with Crippen LogP contribution in [-0.4, -0.2) is 19.3 Å². The van der Waals surface area contributed by atoms with Crippen molar-refractivity contribution in [2.24, 2.45) is 0 Å². The molecule has 0 unspecified atom stereocenters. The third-order valence-electron chi connectivity index (χ3n) is 4.83. The lowest BCUT2D eigenvalue weighted by atomic mass is 10.0. The Morgan fingerprint density at radius 3 is 2.23 bits per heavy atom. The van der Waals surface area contributed by atoms with Crippen molar-refractivity contribution in [2.75, 3.05) is 13.4 Å². The number of nitrogens with zero attached hydrogens (tertiary/aromatic N) is 1. The normalized spacial score (nSPS) is 10.9. The maximum absolute atomic E-state index is 13.1. The van der Waals surface area contributed by atoms with Gasteiger partial charge in [-0.15, -0.1) is 11.8 Å². The van der Waals surface area contributed by atoms with Crippen molar-refractivity contribution in [3.05, 3.63) is 95.1 Å². The highest BCUT2D eigenvalue weighted by Crippen LogP contribution is 2.23. The largest absolute Gasteiger partial charge is 0.497 e. The predicted molar refractivity (Wildman–Crippen MR) is 127 cm³/mol. The second-order valence-corrected chi connectivity index (χ2v) is 7.77. The van der Waals surface area contributed by atoms with E-state index in [0.717, 1.165) is 28.0 Å². The van der Waals surface area contributed by atoms with E-state index in [9.17, 15) is 4.79 Å². The highest BCUT2D eigenvalue weighted by atomic mass is 32.2. The van der Waals surface area contributed by atoms with Gasteiger partial charge in [0.1, 0.15) is 5.75 Å². The molecule has 5 heteroatoms. The van der Waals surface area contributed by atoms with Crippen LogP contribution in [0.3, 0.4) is 0 Å². The Morgan fingerprint density at radius 1 is 1.00 bits per heavy atom. The van der Waals surface area contributed by atoms with E-state index in [1.807, 2.05) is 85.1 Å². The van der Waals surface area contributed by atoms with Gasteiger partial charge in [-0.2, -0.15) is 5.26 Å². The quantitative estimate of drug-likeness (QED) is 0.299. The average Bonchev–Trinajstić information content (AvgIpc) is 2.82. The topological polar surface area (TPSA) is 62.1 Å². The first-order valence-electron chi connectivity index (χ1n) is 9.86. The zero-order valence-corrected chi connectivity index (χ0v) is 18.4. The Balaban J connectivity index is 1.82. The molecule has 0 fully saturated rings. The van der Waals surface area contributed by atoms with Gasteiger partial charge in [0.05, 0.1) is 19.6 Å². The van der Waals surface area contributed by atoms with Crippen LogP contribution in [0.25, 0.3) is 11.6 Å². The highest BCUT2D eigenvalue weighted by Gasteiger charge is 2.13. The molecule has 3 aromatic rings. The van der Waals surface area contributed by atoms with Crippen molar-refractivity contribution in [2.45, 2.75) is 17.9 Å². The van der Waals surface area contributed by atoms with Gasteiger partial charge in [-0.1, -0.05) is 48.5 Å². The van der Waals surface area contributed by atoms with Crippen molar-refractivity contribution < 1.29 is 9.53 Å². The van der Waals surface area contributed by atoms with Gasteiger partial charge in [-0.25, -0.2) is 0 Å². The summed E-state index contributed by atoms with van der Waals surface area (Å²) in [4.78, 5) is 14.3. The maximum atomic E-state index is 13.1.